The van der Waals surface area contributed by atoms with E-state index in [9.17, 15) is 0 Å². The molecule has 0 spiro atoms. The van der Waals surface area contributed by atoms with Gasteiger partial charge in [-0.05, 0) is 6.07 Å². The number of aromatic nitrogens is 1. The standard InChI is InChI=1S/C8H7NO.Na/c10-8-5-6-3-1-2-4-7(6)9-8;/h1-5,9-10H;. The van der Waals surface area contributed by atoms with Crippen LogP contribution in [0.2, 0.25) is 0 Å². The summed E-state index contributed by atoms with van der Waals surface area (Å²) in [5, 5.41) is 10.0. The SMILES string of the molecule is Oc1cc2ccccc2[nH]1.[Na]. The molecule has 0 aliphatic heterocycles. The molecular weight excluding hydrogens is 149 g/mol. The third-order valence-corrected chi connectivity index (χ3v) is 1.52. The Labute approximate surface area is 86.5 Å². The number of hydrogen-bond acceptors (Lipinski definition) is 1. The van der Waals surface area contributed by atoms with Gasteiger partial charge in [0.05, 0.1) is 0 Å². The van der Waals surface area contributed by atoms with Gasteiger partial charge in [-0.1, -0.05) is 18.2 Å². The zero-order chi connectivity index (χ0) is 6.97. The van der Waals surface area contributed by atoms with E-state index in [1.165, 1.54) is 0 Å². The van der Waals surface area contributed by atoms with Crippen LogP contribution in [0.4, 0.5) is 0 Å². The van der Waals surface area contributed by atoms with Crippen LogP contribution in [0.1, 0.15) is 0 Å². The molecule has 3 heteroatoms. The average Bonchev–Trinajstić information content (AvgIpc) is 2.27. The Hall–Kier alpha value is -0.440. The fourth-order valence-electron chi connectivity index (χ4n) is 1.06. The summed E-state index contributed by atoms with van der Waals surface area (Å²) in [6.45, 7) is 0. The second-order valence-electron chi connectivity index (χ2n) is 2.24. The van der Waals surface area contributed by atoms with Gasteiger partial charge in [0.1, 0.15) is 0 Å². The average molecular weight is 156 g/mol. The van der Waals surface area contributed by atoms with E-state index >= 15 is 0 Å². The van der Waals surface area contributed by atoms with Crippen molar-refractivity contribution in [3.8, 4) is 5.88 Å². The summed E-state index contributed by atoms with van der Waals surface area (Å²) in [4.78, 5) is 2.81. The molecule has 1 radical (unpaired) electrons. The second-order valence-corrected chi connectivity index (χ2v) is 2.24. The van der Waals surface area contributed by atoms with Crippen molar-refractivity contribution in [2.24, 2.45) is 0 Å². The van der Waals surface area contributed by atoms with E-state index in [2.05, 4.69) is 4.98 Å². The fourth-order valence-corrected chi connectivity index (χ4v) is 1.06. The van der Waals surface area contributed by atoms with Gasteiger partial charge in [-0.15, -0.1) is 0 Å². The maximum atomic E-state index is 9.00. The number of H-pyrrole nitrogens is 1. The number of para-hydroxylation sites is 1. The third kappa shape index (κ3) is 1.59. The molecule has 1 aromatic carbocycles. The number of hydrogen-bond donors (Lipinski definition) is 2. The molecule has 0 unspecified atom stereocenters. The summed E-state index contributed by atoms with van der Waals surface area (Å²) in [5.74, 6) is 0.223. The topological polar surface area (TPSA) is 36.0 Å². The number of aromatic hydroxyl groups is 1. The molecule has 0 aliphatic rings. The van der Waals surface area contributed by atoms with Gasteiger partial charge >= 0.3 is 0 Å². The summed E-state index contributed by atoms with van der Waals surface area (Å²) in [6, 6.07) is 9.45. The van der Waals surface area contributed by atoms with E-state index in [-0.39, 0.29) is 35.4 Å². The van der Waals surface area contributed by atoms with Crippen LogP contribution < -0.4 is 0 Å². The summed E-state index contributed by atoms with van der Waals surface area (Å²) in [6.07, 6.45) is 0. The summed E-state index contributed by atoms with van der Waals surface area (Å²) < 4.78 is 0. The first kappa shape index (κ1) is 8.65. The molecule has 0 bridgehead atoms. The van der Waals surface area contributed by atoms with Crippen LogP contribution in [-0.2, 0) is 0 Å². The van der Waals surface area contributed by atoms with E-state index in [1.807, 2.05) is 24.3 Å². The quantitative estimate of drug-likeness (QED) is 0.557. The van der Waals surface area contributed by atoms with Crippen LogP contribution in [0.3, 0.4) is 0 Å². The Morgan fingerprint density at radius 3 is 2.64 bits per heavy atom. The Morgan fingerprint density at radius 1 is 1.18 bits per heavy atom. The molecule has 2 N–H and O–H groups in total. The second kappa shape index (κ2) is 3.30. The molecule has 0 atom stereocenters. The molecule has 0 amide bonds. The van der Waals surface area contributed by atoms with Gasteiger partial charge in [0.25, 0.3) is 0 Å². The normalized spacial score (nSPS) is 9.45. The van der Waals surface area contributed by atoms with E-state index in [0.29, 0.717) is 0 Å². The van der Waals surface area contributed by atoms with Gasteiger partial charge < -0.3 is 10.1 Å². The number of rotatable bonds is 0. The van der Waals surface area contributed by atoms with Crippen molar-refractivity contribution >= 4 is 40.5 Å². The van der Waals surface area contributed by atoms with Crippen LogP contribution >= 0.6 is 0 Å². The molecule has 0 aliphatic carbocycles. The predicted molar refractivity (Wildman–Crippen MR) is 45.7 cm³/mol. The van der Waals surface area contributed by atoms with Crippen LogP contribution in [0.25, 0.3) is 10.9 Å². The Kier molecular flexibility index (Phi) is 2.60. The summed E-state index contributed by atoms with van der Waals surface area (Å²) >= 11 is 0. The smallest absolute Gasteiger partial charge is 0.189 e. The fraction of sp³-hybridized carbons (Fsp3) is 0. The van der Waals surface area contributed by atoms with Crippen LogP contribution in [0, 0.1) is 0 Å². The van der Waals surface area contributed by atoms with Gasteiger partial charge in [0.15, 0.2) is 5.88 Å². The largest absolute Gasteiger partial charge is 0.495 e. The van der Waals surface area contributed by atoms with Crippen molar-refractivity contribution in [3.05, 3.63) is 30.3 Å². The van der Waals surface area contributed by atoms with Crippen molar-refractivity contribution in [1.29, 1.82) is 0 Å². The maximum absolute atomic E-state index is 9.00. The van der Waals surface area contributed by atoms with E-state index in [4.69, 9.17) is 5.11 Å². The van der Waals surface area contributed by atoms with Crippen molar-refractivity contribution in [1.82, 2.24) is 4.98 Å². The van der Waals surface area contributed by atoms with Gasteiger partial charge in [0, 0.05) is 46.5 Å². The van der Waals surface area contributed by atoms with E-state index in [0.717, 1.165) is 10.9 Å². The minimum atomic E-state index is 0. The van der Waals surface area contributed by atoms with Crippen LogP contribution in [0.5, 0.6) is 5.88 Å². The molecule has 2 aromatic rings. The van der Waals surface area contributed by atoms with Gasteiger partial charge in [0.2, 0.25) is 0 Å². The first-order chi connectivity index (χ1) is 4.86. The monoisotopic (exact) mass is 156 g/mol. The number of benzene rings is 1. The van der Waals surface area contributed by atoms with Crippen molar-refractivity contribution in [3.63, 3.8) is 0 Å². The van der Waals surface area contributed by atoms with Gasteiger partial charge in [-0.2, -0.15) is 0 Å². The molecule has 0 fully saturated rings. The number of fused-ring (bicyclic) bond motifs is 1. The molecular formula is C8H7NNaO. The molecule has 1 aromatic heterocycles. The first-order valence-electron chi connectivity index (χ1n) is 3.13. The molecule has 1 heterocycles. The zero-order valence-corrected chi connectivity index (χ0v) is 8.33. The number of aromatic amines is 1. The molecule has 0 saturated heterocycles. The molecule has 51 valence electrons. The predicted octanol–water partition coefficient (Wildman–Crippen LogP) is 1.49. The third-order valence-electron chi connectivity index (χ3n) is 1.52. The Balaban J connectivity index is 0.000000605. The van der Waals surface area contributed by atoms with Gasteiger partial charge in [-0.25, -0.2) is 0 Å². The van der Waals surface area contributed by atoms with Crippen LogP contribution in [0.15, 0.2) is 30.3 Å². The first-order valence-corrected chi connectivity index (χ1v) is 3.13. The van der Waals surface area contributed by atoms with Crippen LogP contribution in [-0.4, -0.2) is 39.6 Å². The maximum Gasteiger partial charge on any atom is 0.189 e. The van der Waals surface area contributed by atoms with Crippen molar-refractivity contribution in [2.45, 2.75) is 0 Å². The molecule has 2 rings (SSSR count). The minimum Gasteiger partial charge on any atom is -0.495 e. The summed E-state index contributed by atoms with van der Waals surface area (Å²) in [5.41, 5.74) is 0.972. The van der Waals surface area contributed by atoms with Crippen molar-refractivity contribution < 1.29 is 5.11 Å². The molecule has 0 saturated carbocycles. The summed E-state index contributed by atoms with van der Waals surface area (Å²) in [7, 11) is 0. The Morgan fingerprint density at radius 2 is 1.91 bits per heavy atom. The number of nitrogens with one attached hydrogen (secondary N) is 1. The molecule has 11 heavy (non-hydrogen) atoms. The Bertz CT molecular complexity index is 323. The zero-order valence-electron chi connectivity index (χ0n) is 6.33. The van der Waals surface area contributed by atoms with Gasteiger partial charge in [-0.3, -0.25) is 0 Å². The van der Waals surface area contributed by atoms with E-state index < -0.39 is 0 Å². The van der Waals surface area contributed by atoms with E-state index in [1.54, 1.807) is 6.07 Å². The van der Waals surface area contributed by atoms with Crippen molar-refractivity contribution in [2.75, 3.05) is 0 Å². The minimum absolute atomic E-state index is 0. The molecule has 2 nitrogen and oxygen atoms in total.